The first-order valence-electron chi connectivity index (χ1n) is 6.95. The van der Waals surface area contributed by atoms with Crippen LogP contribution in [0, 0.1) is 5.92 Å². The van der Waals surface area contributed by atoms with Crippen LogP contribution in [0.5, 0.6) is 0 Å². The molecule has 1 fully saturated rings. The van der Waals surface area contributed by atoms with Crippen molar-refractivity contribution in [3.8, 4) is 0 Å². The third-order valence-corrected chi connectivity index (χ3v) is 4.80. The molecule has 20 heavy (non-hydrogen) atoms. The Morgan fingerprint density at radius 1 is 1.35 bits per heavy atom. The summed E-state index contributed by atoms with van der Waals surface area (Å²) in [5.41, 5.74) is 2.16. The molecule has 0 spiro atoms. The first-order valence-corrected chi connectivity index (χ1v) is 7.74. The van der Waals surface area contributed by atoms with E-state index in [2.05, 4.69) is 40.0 Å². The number of anilines is 2. The Morgan fingerprint density at radius 2 is 2.10 bits per heavy atom. The Labute approximate surface area is 126 Å². The van der Waals surface area contributed by atoms with Gasteiger partial charge in [0.05, 0.1) is 16.9 Å². The summed E-state index contributed by atoms with van der Waals surface area (Å²) >= 11 is 3.55. The van der Waals surface area contributed by atoms with E-state index in [0.717, 1.165) is 16.7 Å². The monoisotopic (exact) mass is 336 g/mol. The lowest BCUT2D eigenvalue weighted by Gasteiger charge is -2.30. The maximum absolute atomic E-state index is 11.7. The number of benzene rings is 1. The molecule has 1 amide bonds. The van der Waals surface area contributed by atoms with Gasteiger partial charge in [0.2, 0.25) is 0 Å². The predicted molar refractivity (Wildman–Crippen MR) is 82.3 cm³/mol. The maximum Gasteiger partial charge on any atom is 0.296 e. The third-order valence-electron chi connectivity index (χ3n) is 4.16. The van der Waals surface area contributed by atoms with Crippen LogP contribution in [0.25, 0.3) is 0 Å². The zero-order valence-electron chi connectivity index (χ0n) is 11.6. The van der Waals surface area contributed by atoms with E-state index in [4.69, 9.17) is 0 Å². The van der Waals surface area contributed by atoms with Gasteiger partial charge < -0.3 is 10.2 Å². The van der Waals surface area contributed by atoms with Gasteiger partial charge in [-0.2, -0.15) is 0 Å². The zero-order chi connectivity index (χ0) is 14.4. The Balaban J connectivity index is 2.02. The van der Waals surface area contributed by atoms with Crippen LogP contribution in [0.15, 0.2) is 16.6 Å². The molecule has 106 valence electrons. The standard InChI is InChI=1S/C15H17BrN2O2/c1-8(2)12-4-3-5-18(12)13-7-11-9(6-10(13)16)14(19)15(20)17-11/h6-8,12H,3-5H2,1-2H3,(H,17,19,20). The highest BCUT2D eigenvalue weighted by molar-refractivity contribution is 9.10. The molecule has 1 aromatic rings. The Hall–Kier alpha value is -1.36. The molecule has 0 radical (unpaired) electrons. The fraction of sp³-hybridized carbons (Fsp3) is 0.467. The molecule has 1 N–H and O–H groups in total. The van der Waals surface area contributed by atoms with Gasteiger partial charge in [-0.3, -0.25) is 9.59 Å². The van der Waals surface area contributed by atoms with Crippen LogP contribution in [0.2, 0.25) is 0 Å². The maximum atomic E-state index is 11.7. The molecule has 4 nitrogen and oxygen atoms in total. The number of carbonyl (C=O) groups excluding carboxylic acids is 2. The van der Waals surface area contributed by atoms with Crippen molar-refractivity contribution in [1.29, 1.82) is 0 Å². The van der Waals surface area contributed by atoms with E-state index in [1.807, 2.05) is 6.07 Å². The summed E-state index contributed by atoms with van der Waals surface area (Å²) in [6.45, 7) is 5.48. The van der Waals surface area contributed by atoms with Crippen LogP contribution in [0.4, 0.5) is 11.4 Å². The second-order valence-electron chi connectivity index (χ2n) is 5.78. The van der Waals surface area contributed by atoms with Gasteiger partial charge >= 0.3 is 0 Å². The van der Waals surface area contributed by atoms with E-state index >= 15 is 0 Å². The summed E-state index contributed by atoms with van der Waals surface area (Å²) < 4.78 is 0.883. The molecule has 1 atom stereocenters. The molecule has 0 bridgehead atoms. The molecule has 2 aliphatic rings. The van der Waals surface area contributed by atoms with Crippen molar-refractivity contribution in [2.45, 2.75) is 32.7 Å². The average Bonchev–Trinajstić information content (AvgIpc) is 2.97. The SMILES string of the molecule is CC(C)C1CCCN1c1cc2c(cc1Br)C(=O)C(=O)N2. The van der Waals surface area contributed by atoms with E-state index < -0.39 is 11.7 Å². The van der Waals surface area contributed by atoms with Crippen molar-refractivity contribution in [3.05, 3.63) is 22.2 Å². The van der Waals surface area contributed by atoms with Crippen molar-refractivity contribution < 1.29 is 9.59 Å². The molecular formula is C15H17BrN2O2. The minimum absolute atomic E-state index is 0.450. The highest BCUT2D eigenvalue weighted by Gasteiger charge is 2.33. The van der Waals surface area contributed by atoms with Crippen molar-refractivity contribution in [2.24, 2.45) is 5.92 Å². The van der Waals surface area contributed by atoms with Crippen LogP contribution in [0.3, 0.4) is 0 Å². The van der Waals surface area contributed by atoms with E-state index in [1.54, 1.807) is 6.07 Å². The number of nitrogens with zero attached hydrogens (tertiary/aromatic N) is 1. The summed E-state index contributed by atoms with van der Waals surface area (Å²) in [4.78, 5) is 25.5. The lowest BCUT2D eigenvalue weighted by molar-refractivity contribution is -0.112. The minimum atomic E-state index is -0.536. The molecule has 3 rings (SSSR count). The summed E-state index contributed by atoms with van der Waals surface area (Å²) in [6.07, 6.45) is 2.37. The van der Waals surface area contributed by atoms with Crippen molar-refractivity contribution in [1.82, 2.24) is 0 Å². The van der Waals surface area contributed by atoms with Gasteiger partial charge in [-0.1, -0.05) is 13.8 Å². The number of nitrogens with one attached hydrogen (secondary N) is 1. The van der Waals surface area contributed by atoms with E-state index in [-0.39, 0.29) is 0 Å². The topological polar surface area (TPSA) is 49.4 Å². The summed E-state index contributed by atoms with van der Waals surface area (Å²) in [5.74, 6) is -0.408. The molecule has 0 aromatic heterocycles. The number of halogens is 1. The van der Waals surface area contributed by atoms with Crippen LogP contribution < -0.4 is 10.2 Å². The van der Waals surface area contributed by atoms with Gasteiger partial charge in [-0.05, 0) is 46.8 Å². The van der Waals surface area contributed by atoms with Gasteiger partial charge in [-0.15, -0.1) is 0 Å². The fourth-order valence-corrected chi connectivity index (χ4v) is 3.73. The van der Waals surface area contributed by atoms with Gasteiger partial charge in [0.1, 0.15) is 0 Å². The van der Waals surface area contributed by atoms with Crippen LogP contribution in [-0.2, 0) is 4.79 Å². The predicted octanol–water partition coefficient (Wildman–Crippen LogP) is 3.21. The minimum Gasteiger partial charge on any atom is -0.367 e. The number of ketones is 1. The molecule has 0 saturated carbocycles. The third kappa shape index (κ3) is 2.04. The van der Waals surface area contributed by atoms with E-state index in [9.17, 15) is 9.59 Å². The summed E-state index contributed by atoms with van der Waals surface area (Å²) in [7, 11) is 0. The normalized spacial score (nSPS) is 21.6. The molecular weight excluding hydrogens is 320 g/mol. The lowest BCUT2D eigenvalue weighted by Crippen LogP contribution is -2.33. The van der Waals surface area contributed by atoms with Crippen LogP contribution in [-0.4, -0.2) is 24.3 Å². The Kier molecular flexibility index (Phi) is 3.32. The van der Waals surface area contributed by atoms with Crippen molar-refractivity contribution in [2.75, 3.05) is 16.8 Å². The summed E-state index contributed by atoms with van der Waals surface area (Å²) in [6, 6.07) is 4.20. The molecule has 5 heteroatoms. The average molecular weight is 337 g/mol. The Morgan fingerprint density at radius 3 is 2.80 bits per heavy atom. The molecule has 2 aliphatic heterocycles. The van der Waals surface area contributed by atoms with Crippen LogP contribution in [0.1, 0.15) is 37.0 Å². The number of rotatable bonds is 2. The molecule has 2 heterocycles. The number of amides is 1. The zero-order valence-corrected chi connectivity index (χ0v) is 13.2. The van der Waals surface area contributed by atoms with E-state index in [0.29, 0.717) is 23.2 Å². The molecule has 1 saturated heterocycles. The van der Waals surface area contributed by atoms with Gasteiger partial charge in [0.15, 0.2) is 0 Å². The number of Topliss-reactive ketones (excluding diaryl/α,β-unsaturated/α-hetero) is 1. The molecule has 1 unspecified atom stereocenters. The fourth-order valence-electron chi connectivity index (χ4n) is 3.16. The highest BCUT2D eigenvalue weighted by Crippen LogP contribution is 2.39. The largest absolute Gasteiger partial charge is 0.367 e. The number of carbonyl (C=O) groups is 2. The second-order valence-corrected chi connectivity index (χ2v) is 6.63. The number of hydrogen-bond donors (Lipinski definition) is 1. The van der Waals surface area contributed by atoms with Crippen molar-refractivity contribution in [3.63, 3.8) is 0 Å². The summed E-state index contributed by atoms with van der Waals surface area (Å²) in [5, 5.41) is 2.65. The van der Waals surface area contributed by atoms with Gasteiger partial charge in [0.25, 0.3) is 11.7 Å². The van der Waals surface area contributed by atoms with E-state index in [1.165, 1.54) is 12.8 Å². The number of fused-ring (bicyclic) bond motifs is 1. The molecule has 0 aliphatic carbocycles. The smallest absolute Gasteiger partial charge is 0.296 e. The first kappa shape index (κ1) is 13.6. The lowest BCUT2D eigenvalue weighted by atomic mass is 10.0. The first-order chi connectivity index (χ1) is 9.49. The van der Waals surface area contributed by atoms with Gasteiger partial charge in [-0.25, -0.2) is 0 Å². The Bertz CT molecular complexity index is 598. The highest BCUT2D eigenvalue weighted by atomic mass is 79.9. The van der Waals surface area contributed by atoms with Gasteiger partial charge in [0, 0.05) is 17.1 Å². The van der Waals surface area contributed by atoms with Crippen LogP contribution >= 0.6 is 15.9 Å². The second kappa shape index (κ2) is 4.88. The number of hydrogen-bond acceptors (Lipinski definition) is 3. The molecule has 1 aromatic carbocycles. The van der Waals surface area contributed by atoms with Crippen molar-refractivity contribution >= 4 is 39.0 Å². The quantitative estimate of drug-likeness (QED) is 0.843.